The molecule has 0 saturated heterocycles. The van der Waals surface area contributed by atoms with Crippen LogP contribution in [0, 0.1) is 0 Å². The van der Waals surface area contributed by atoms with E-state index < -0.39 is 31.0 Å². The van der Waals surface area contributed by atoms with Crippen molar-refractivity contribution in [3.63, 3.8) is 0 Å². The van der Waals surface area contributed by atoms with Crippen LogP contribution in [0.3, 0.4) is 0 Å². The maximum absolute atomic E-state index is 11.8. The van der Waals surface area contributed by atoms with Crippen molar-refractivity contribution in [1.29, 1.82) is 0 Å². The van der Waals surface area contributed by atoms with E-state index in [1.165, 1.54) is 6.92 Å². The molecule has 1 atom stereocenters. The number of hydrogen-bond donors (Lipinski definition) is 3. The second-order valence-corrected chi connectivity index (χ2v) is 2.87. The van der Waals surface area contributed by atoms with E-state index in [2.05, 4.69) is 10.6 Å². The molecule has 0 aliphatic rings. The van der Waals surface area contributed by atoms with E-state index in [9.17, 15) is 18.4 Å². The van der Waals surface area contributed by atoms with Crippen molar-refractivity contribution in [2.45, 2.75) is 26.3 Å². The molecule has 0 bridgehead atoms. The highest BCUT2D eigenvalue weighted by atomic mass is 19.3. The standard InChI is InChI=1S/C8H15F2N3O2/c1-3-11-8(15)13-7(14)5(2)12-4-6(9)10/h5-6,12H,3-4H2,1-2H3,(H2,11,13,14,15). The Morgan fingerprint density at radius 2 is 1.93 bits per heavy atom. The maximum atomic E-state index is 11.8. The molecule has 1 unspecified atom stereocenters. The van der Waals surface area contributed by atoms with Crippen LogP contribution in [0.4, 0.5) is 13.6 Å². The van der Waals surface area contributed by atoms with Crippen molar-refractivity contribution < 1.29 is 18.4 Å². The first kappa shape index (κ1) is 13.8. The topological polar surface area (TPSA) is 70.2 Å². The molecule has 3 amide bonds. The van der Waals surface area contributed by atoms with E-state index in [0.717, 1.165) is 0 Å². The Morgan fingerprint density at radius 3 is 2.40 bits per heavy atom. The van der Waals surface area contributed by atoms with E-state index in [1.54, 1.807) is 6.92 Å². The number of imide groups is 1. The van der Waals surface area contributed by atoms with E-state index >= 15 is 0 Å². The molecule has 15 heavy (non-hydrogen) atoms. The van der Waals surface area contributed by atoms with Crippen molar-refractivity contribution >= 4 is 11.9 Å². The molecule has 5 nitrogen and oxygen atoms in total. The summed E-state index contributed by atoms with van der Waals surface area (Å²) in [6, 6.07) is -1.46. The van der Waals surface area contributed by atoms with Gasteiger partial charge in [0.15, 0.2) is 0 Å². The van der Waals surface area contributed by atoms with Gasteiger partial charge in [-0.3, -0.25) is 10.1 Å². The predicted octanol–water partition coefficient (Wildman–Crippen LogP) is 0.0753. The molecule has 0 fully saturated rings. The molecule has 0 aromatic heterocycles. The fourth-order valence-electron chi connectivity index (χ4n) is 0.783. The van der Waals surface area contributed by atoms with Crippen LogP contribution in [0.2, 0.25) is 0 Å². The average Bonchev–Trinajstić information content (AvgIpc) is 2.14. The van der Waals surface area contributed by atoms with Gasteiger partial charge < -0.3 is 10.6 Å². The van der Waals surface area contributed by atoms with Crippen molar-refractivity contribution in [1.82, 2.24) is 16.0 Å². The second kappa shape index (κ2) is 7.10. The minimum atomic E-state index is -2.52. The quantitative estimate of drug-likeness (QED) is 0.618. The molecule has 0 heterocycles. The monoisotopic (exact) mass is 223 g/mol. The highest BCUT2D eigenvalue weighted by molar-refractivity contribution is 5.96. The molecule has 0 aromatic carbocycles. The van der Waals surface area contributed by atoms with E-state index in [-0.39, 0.29) is 0 Å². The number of carbonyl (C=O) groups excluding carboxylic acids is 2. The zero-order valence-electron chi connectivity index (χ0n) is 8.64. The third-order valence-electron chi connectivity index (χ3n) is 1.55. The van der Waals surface area contributed by atoms with E-state index in [1.807, 2.05) is 5.32 Å². The first-order chi connectivity index (χ1) is 6.97. The van der Waals surface area contributed by atoms with Crippen LogP contribution in [0.1, 0.15) is 13.8 Å². The number of rotatable bonds is 5. The molecular formula is C8H15F2N3O2. The van der Waals surface area contributed by atoms with Crippen LogP contribution in [0.25, 0.3) is 0 Å². The van der Waals surface area contributed by atoms with Crippen LogP contribution < -0.4 is 16.0 Å². The van der Waals surface area contributed by atoms with Gasteiger partial charge in [-0.05, 0) is 13.8 Å². The van der Waals surface area contributed by atoms with Gasteiger partial charge in [-0.15, -0.1) is 0 Å². The van der Waals surface area contributed by atoms with Crippen LogP contribution in [0.15, 0.2) is 0 Å². The smallest absolute Gasteiger partial charge is 0.321 e. The summed E-state index contributed by atoms with van der Waals surface area (Å²) in [6.07, 6.45) is -2.52. The van der Waals surface area contributed by atoms with Gasteiger partial charge >= 0.3 is 6.03 Å². The summed E-state index contributed by atoms with van der Waals surface area (Å²) >= 11 is 0. The van der Waals surface area contributed by atoms with Crippen molar-refractivity contribution in [3.8, 4) is 0 Å². The lowest BCUT2D eigenvalue weighted by atomic mass is 10.3. The largest absolute Gasteiger partial charge is 0.338 e. The number of urea groups is 1. The van der Waals surface area contributed by atoms with Gasteiger partial charge in [0.1, 0.15) is 0 Å². The lowest BCUT2D eigenvalue weighted by Crippen LogP contribution is -2.48. The normalized spacial score (nSPS) is 12.3. The zero-order chi connectivity index (χ0) is 11.8. The van der Waals surface area contributed by atoms with Gasteiger partial charge in [0, 0.05) is 6.54 Å². The lowest BCUT2D eigenvalue weighted by Gasteiger charge is -2.12. The van der Waals surface area contributed by atoms with Crippen molar-refractivity contribution in [2.24, 2.45) is 0 Å². The third kappa shape index (κ3) is 6.78. The average molecular weight is 223 g/mol. The van der Waals surface area contributed by atoms with Crippen LogP contribution in [0.5, 0.6) is 0 Å². The van der Waals surface area contributed by atoms with Gasteiger partial charge in [-0.1, -0.05) is 0 Å². The SMILES string of the molecule is CCNC(=O)NC(=O)C(C)NCC(F)F. The summed E-state index contributed by atoms with van der Waals surface area (Å²) in [5, 5.41) is 6.64. The zero-order valence-corrected chi connectivity index (χ0v) is 8.64. The van der Waals surface area contributed by atoms with Crippen LogP contribution >= 0.6 is 0 Å². The third-order valence-corrected chi connectivity index (χ3v) is 1.55. The molecule has 0 aliphatic carbocycles. The number of hydrogen-bond acceptors (Lipinski definition) is 3. The lowest BCUT2D eigenvalue weighted by molar-refractivity contribution is -0.121. The highest BCUT2D eigenvalue weighted by Crippen LogP contribution is 1.90. The molecule has 7 heteroatoms. The number of nitrogens with one attached hydrogen (secondary N) is 3. The molecule has 0 aromatic rings. The molecule has 0 rings (SSSR count). The molecule has 0 radical (unpaired) electrons. The van der Waals surface area contributed by atoms with Crippen molar-refractivity contribution in [2.75, 3.05) is 13.1 Å². The maximum Gasteiger partial charge on any atom is 0.321 e. The minimum absolute atomic E-state index is 0.387. The van der Waals surface area contributed by atoms with Crippen LogP contribution in [-0.4, -0.2) is 37.5 Å². The summed E-state index contributed by atoms with van der Waals surface area (Å²) in [6.45, 7) is 2.90. The Bertz CT molecular complexity index is 224. The summed E-state index contributed by atoms with van der Waals surface area (Å²) in [7, 11) is 0. The molecule has 0 aliphatic heterocycles. The number of carbonyl (C=O) groups is 2. The minimum Gasteiger partial charge on any atom is -0.338 e. The molecule has 3 N–H and O–H groups in total. The number of alkyl halides is 2. The Kier molecular flexibility index (Phi) is 6.52. The van der Waals surface area contributed by atoms with E-state index in [0.29, 0.717) is 6.54 Å². The van der Waals surface area contributed by atoms with Gasteiger partial charge in [0.05, 0.1) is 12.6 Å². The van der Waals surface area contributed by atoms with E-state index in [4.69, 9.17) is 0 Å². The second-order valence-electron chi connectivity index (χ2n) is 2.87. The first-order valence-corrected chi connectivity index (χ1v) is 4.57. The van der Waals surface area contributed by atoms with Gasteiger partial charge in [0.2, 0.25) is 5.91 Å². The summed E-state index contributed by atoms with van der Waals surface area (Å²) < 4.78 is 23.5. The van der Waals surface area contributed by atoms with Gasteiger partial charge in [-0.2, -0.15) is 0 Å². The molecule has 88 valence electrons. The molecule has 0 spiro atoms. The Balaban J connectivity index is 3.83. The fourth-order valence-corrected chi connectivity index (χ4v) is 0.783. The number of amides is 3. The first-order valence-electron chi connectivity index (χ1n) is 4.57. The summed E-state index contributed by atoms with van der Waals surface area (Å²) in [5.74, 6) is -0.637. The Hall–Kier alpha value is -1.24. The summed E-state index contributed by atoms with van der Waals surface area (Å²) in [5.41, 5.74) is 0. The Morgan fingerprint density at radius 1 is 1.33 bits per heavy atom. The highest BCUT2D eigenvalue weighted by Gasteiger charge is 2.16. The van der Waals surface area contributed by atoms with Gasteiger partial charge in [-0.25, -0.2) is 13.6 Å². The Labute approximate surface area is 86.6 Å². The fraction of sp³-hybridized carbons (Fsp3) is 0.750. The molecular weight excluding hydrogens is 208 g/mol. The summed E-state index contributed by atoms with van der Waals surface area (Å²) in [4.78, 5) is 22.0. The predicted molar refractivity (Wildman–Crippen MR) is 50.7 cm³/mol. The molecule has 0 saturated carbocycles. The number of halogens is 2. The van der Waals surface area contributed by atoms with Crippen molar-refractivity contribution in [3.05, 3.63) is 0 Å². The van der Waals surface area contributed by atoms with Gasteiger partial charge in [0.25, 0.3) is 6.43 Å². The van der Waals surface area contributed by atoms with Crippen LogP contribution in [-0.2, 0) is 4.79 Å².